The molecule has 1 aromatic rings. The molecule has 35 heavy (non-hydrogen) atoms. The van der Waals surface area contributed by atoms with Gasteiger partial charge in [-0.05, 0) is 55.9 Å². The van der Waals surface area contributed by atoms with E-state index in [1.54, 1.807) is 17.0 Å². The average Bonchev–Trinajstić information content (AvgIpc) is 3.08. The van der Waals surface area contributed by atoms with Crippen molar-refractivity contribution in [2.75, 3.05) is 19.7 Å². The predicted molar refractivity (Wildman–Crippen MR) is 121 cm³/mol. The number of allylic oxidation sites excluding steroid dienone is 1. The number of carbonyl (C=O) groups is 2. The van der Waals surface area contributed by atoms with Crippen molar-refractivity contribution >= 4 is 11.8 Å². The van der Waals surface area contributed by atoms with E-state index in [4.69, 9.17) is 9.47 Å². The van der Waals surface area contributed by atoms with E-state index in [-0.39, 0.29) is 24.0 Å². The lowest BCUT2D eigenvalue weighted by Crippen LogP contribution is -2.61. The topological polar surface area (TPSA) is 71.1 Å². The molecule has 3 fully saturated rings. The summed E-state index contributed by atoms with van der Waals surface area (Å²) >= 11 is 0. The molecule has 0 spiro atoms. The number of ether oxygens (including phenoxy) is 2. The molecule has 3 aliphatic heterocycles. The number of rotatable bonds is 6. The molecular weight excluding hydrogens is 463 g/mol. The van der Waals surface area contributed by atoms with Gasteiger partial charge in [-0.15, -0.1) is 0 Å². The molecule has 5 rings (SSSR count). The Bertz CT molecular complexity index is 1010. The van der Waals surface area contributed by atoms with Crippen molar-refractivity contribution in [1.82, 2.24) is 15.1 Å². The lowest BCUT2D eigenvalue weighted by Gasteiger charge is -2.48. The van der Waals surface area contributed by atoms with Gasteiger partial charge in [0.05, 0.1) is 6.10 Å². The van der Waals surface area contributed by atoms with Crippen LogP contribution in [0.15, 0.2) is 30.5 Å². The van der Waals surface area contributed by atoms with Gasteiger partial charge in [-0.2, -0.15) is 13.2 Å². The van der Waals surface area contributed by atoms with Crippen LogP contribution in [0.1, 0.15) is 54.4 Å². The summed E-state index contributed by atoms with van der Waals surface area (Å²) in [6.45, 7) is 3.89. The smallest absolute Gasteiger partial charge is 0.411 e. The van der Waals surface area contributed by atoms with E-state index in [0.29, 0.717) is 49.5 Å². The minimum atomic E-state index is -4.31. The first-order valence-electron chi connectivity index (χ1n) is 12.2. The first kappa shape index (κ1) is 24.1. The largest absolute Gasteiger partial charge is 0.489 e. The van der Waals surface area contributed by atoms with E-state index >= 15 is 0 Å². The van der Waals surface area contributed by atoms with Gasteiger partial charge < -0.3 is 19.7 Å². The Labute approximate surface area is 202 Å². The molecule has 1 aromatic carbocycles. The number of nitrogens with zero attached hydrogens (tertiary/aromatic N) is 2. The summed E-state index contributed by atoms with van der Waals surface area (Å²) in [5.74, 6) is 0.318. The molecule has 4 aliphatic rings. The second-order valence-corrected chi connectivity index (χ2v) is 9.91. The number of fused-ring (bicyclic) bond motifs is 1. The highest BCUT2D eigenvalue weighted by Crippen LogP contribution is 2.34. The minimum Gasteiger partial charge on any atom is -0.489 e. The Balaban J connectivity index is 1.21. The Morgan fingerprint density at radius 1 is 1.11 bits per heavy atom. The molecule has 1 aliphatic carbocycles. The van der Waals surface area contributed by atoms with Gasteiger partial charge in [0.15, 0.2) is 0 Å². The number of alkyl halides is 3. The average molecular weight is 494 g/mol. The van der Waals surface area contributed by atoms with Gasteiger partial charge in [-0.3, -0.25) is 14.5 Å². The number of hydrogen-bond acceptors (Lipinski definition) is 5. The van der Waals surface area contributed by atoms with Crippen molar-refractivity contribution in [2.24, 2.45) is 0 Å². The zero-order chi connectivity index (χ0) is 24.7. The molecule has 190 valence electrons. The second-order valence-electron chi connectivity index (χ2n) is 9.91. The van der Waals surface area contributed by atoms with Gasteiger partial charge in [-0.1, -0.05) is 13.0 Å². The highest BCUT2D eigenvalue weighted by molar-refractivity contribution is 6.01. The molecule has 1 saturated carbocycles. The van der Waals surface area contributed by atoms with Crippen LogP contribution >= 0.6 is 0 Å². The van der Waals surface area contributed by atoms with E-state index in [0.717, 1.165) is 31.2 Å². The summed E-state index contributed by atoms with van der Waals surface area (Å²) in [5, 5.41) is 2.74. The third kappa shape index (κ3) is 5.18. The van der Waals surface area contributed by atoms with E-state index in [9.17, 15) is 22.8 Å². The highest BCUT2D eigenvalue weighted by Gasteiger charge is 2.41. The van der Waals surface area contributed by atoms with Crippen molar-refractivity contribution in [3.05, 3.63) is 41.6 Å². The van der Waals surface area contributed by atoms with Crippen LogP contribution in [-0.2, 0) is 16.1 Å². The number of halogens is 3. The monoisotopic (exact) mass is 493 g/mol. The summed E-state index contributed by atoms with van der Waals surface area (Å²) in [4.78, 5) is 29.1. The highest BCUT2D eigenvalue weighted by atomic mass is 19.4. The molecule has 7 nitrogen and oxygen atoms in total. The van der Waals surface area contributed by atoms with Crippen molar-refractivity contribution in [3.63, 3.8) is 0 Å². The van der Waals surface area contributed by atoms with E-state index in [1.807, 2.05) is 6.07 Å². The summed E-state index contributed by atoms with van der Waals surface area (Å²) in [5.41, 5.74) is 2.09. The van der Waals surface area contributed by atoms with Crippen molar-refractivity contribution in [3.8, 4) is 5.75 Å². The zero-order valence-electron chi connectivity index (χ0n) is 19.5. The number of hydrogen-bond donors (Lipinski definition) is 1. The Morgan fingerprint density at radius 2 is 1.89 bits per heavy atom. The van der Waals surface area contributed by atoms with Gasteiger partial charge in [0.1, 0.15) is 24.5 Å². The standard InChI is InChI=1S/C25H30F3N3O4/c1-15-6-9-21(23(32)29-15)31-11-16-10-17(7-8-19(16)24(31)33)35-22-5-3-2-4-20(22)30-12-18(13-30)34-14-25(26,27)28/h7-8,10,18,20-22H,1-6,9,11-14H2,(H,29,32)/t20-,21?,22-/m1/s1. The molecule has 0 aromatic heterocycles. The quantitative estimate of drug-likeness (QED) is 0.658. The third-order valence-electron chi connectivity index (χ3n) is 7.39. The van der Waals surface area contributed by atoms with Crippen molar-refractivity contribution in [1.29, 1.82) is 0 Å². The molecule has 1 N–H and O–H groups in total. The normalized spacial score (nSPS) is 28.0. The molecule has 3 atom stereocenters. The number of benzene rings is 1. The minimum absolute atomic E-state index is 0.0753. The molecule has 2 amide bonds. The summed E-state index contributed by atoms with van der Waals surface area (Å²) in [6.07, 6.45) is 0.296. The van der Waals surface area contributed by atoms with Crippen LogP contribution < -0.4 is 10.1 Å². The summed E-state index contributed by atoms with van der Waals surface area (Å²) < 4.78 is 48.6. The van der Waals surface area contributed by atoms with Gasteiger partial charge in [0, 0.05) is 36.9 Å². The molecular formula is C25H30F3N3O4. The maximum atomic E-state index is 13.0. The lowest BCUT2D eigenvalue weighted by atomic mass is 9.89. The fraction of sp³-hybridized carbons (Fsp3) is 0.600. The molecule has 0 bridgehead atoms. The Kier molecular flexibility index (Phi) is 6.52. The molecule has 2 saturated heterocycles. The first-order valence-corrected chi connectivity index (χ1v) is 12.2. The fourth-order valence-electron chi connectivity index (χ4n) is 5.57. The summed E-state index contributed by atoms with van der Waals surface area (Å²) in [6, 6.07) is 5.05. The lowest BCUT2D eigenvalue weighted by molar-refractivity contribution is -0.204. The fourth-order valence-corrected chi connectivity index (χ4v) is 5.57. The molecule has 3 heterocycles. The van der Waals surface area contributed by atoms with Crippen molar-refractivity contribution in [2.45, 2.75) is 75.5 Å². The maximum Gasteiger partial charge on any atom is 0.411 e. The van der Waals surface area contributed by atoms with E-state index in [1.165, 1.54) is 0 Å². The van der Waals surface area contributed by atoms with Crippen LogP contribution in [0.3, 0.4) is 0 Å². The number of amides is 2. The van der Waals surface area contributed by atoms with Crippen LogP contribution in [0.5, 0.6) is 5.75 Å². The number of nitrogens with one attached hydrogen (secondary N) is 1. The second kappa shape index (κ2) is 9.46. The van der Waals surface area contributed by atoms with Crippen LogP contribution in [0.2, 0.25) is 0 Å². The SMILES string of the molecule is C=C1CCC(N2Cc3cc(O[C@@H]4CCCC[C@H]4N4CC(OCC(F)(F)F)C4)ccc3C2=O)C(=O)N1. The third-order valence-corrected chi connectivity index (χ3v) is 7.39. The van der Waals surface area contributed by atoms with E-state index < -0.39 is 24.9 Å². The first-order chi connectivity index (χ1) is 16.7. The number of piperidine rings is 1. The van der Waals surface area contributed by atoms with Gasteiger partial charge in [0.2, 0.25) is 5.91 Å². The van der Waals surface area contributed by atoms with Crippen LogP contribution in [0.25, 0.3) is 0 Å². The summed E-state index contributed by atoms with van der Waals surface area (Å²) in [7, 11) is 0. The molecule has 0 radical (unpaired) electrons. The van der Waals surface area contributed by atoms with Crippen LogP contribution in [0, 0.1) is 0 Å². The van der Waals surface area contributed by atoms with Crippen LogP contribution in [0.4, 0.5) is 13.2 Å². The number of likely N-dealkylation sites (tertiary alicyclic amines) is 1. The number of carbonyl (C=O) groups excluding carboxylic acids is 2. The van der Waals surface area contributed by atoms with Crippen molar-refractivity contribution < 1.29 is 32.2 Å². The Morgan fingerprint density at radius 3 is 2.63 bits per heavy atom. The van der Waals surface area contributed by atoms with Gasteiger partial charge in [0.25, 0.3) is 5.91 Å². The van der Waals surface area contributed by atoms with Crippen LogP contribution in [-0.4, -0.2) is 71.8 Å². The molecule has 1 unspecified atom stereocenters. The predicted octanol–water partition coefficient (Wildman–Crippen LogP) is 3.39. The van der Waals surface area contributed by atoms with Gasteiger partial charge >= 0.3 is 6.18 Å². The maximum absolute atomic E-state index is 13.0. The Hall–Kier alpha value is -2.59. The molecule has 10 heteroatoms. The zero-order valence-corrected chi connectivity index (χ0v) is 19.5. The van der Waals surface area contributed by atoms with E-state index in [2.05, 4.69) is 16.8 Å². The van der Waals surface area contributed by atoms with Gasteiger partial charge in [-0.25, -0.2) is 0 Å².